The van der Waals surface area contributed by atoms with Gasteiger partial charge in [0.25, 0.3) is 0 Å². The highest BCUT2D eigenvalue weighted by Crippen LogP contribution is 2.27. The number of nitrogens with zero attached hydrogens (tertiary/aromatic N) is 1. The normalized spacial score (nSPS) is 10.6. The molecule has 0 bridgehead atoms. The first-order valence-corrected chi connectivity index (χ1v) is 5.00. The molecule has 0 spiro atoms. The summed E-state index contributed by atoms with van der Waals surface area (Å²) < 4.78 is 6.49. The van der Waals surface area contributed by atoms with Crippen molar-refractivity contribution in [2.45, 2.75) is 0 Å². The van der Waals surface area contributed by atoms with Gasteiger partial charge in [-0.3, -0.25) is 4.79 Å². The van der Waals surface area contributed by atoms with E-state index in [1.165, 1.54) is 0 Å². The van der Waals surface area contributed by atoms with Crippen LogP contribution in [0, 0.1) is 0 Å². The van der Waals surface area contributed by atoms with E-state index in [9.17, 15) is 4.79 Å². The number of aromatic nitrogens is 1. The third kappa shape index (κ3) is 1.53. The van der Waals surface area contributed by atoms with Crippen molar-refractivity contribution >= 4 is 49.1 Å². The standard InChI is InChI=1S/C8H3Br2NO2/c9-6-2-4-1-5(3-12)13-7(4)8(10)11-6/h1-3H. The molecule has 5 heteroatoms. The molecule has 0 aliphatic carbocycles. The molecular weight excluding hydrogens is 302 g/mol. The van der Waals surface area contributed by atoms with Crippen molar-refractivity contribution in [1.82, 2.24) is 4.98 Å². The van der Waals surface area contributed by atoms with E-state index in [4.69, 9.17) is 4.42 Å². The van der Waals surface area contributed by atoms with E-state index in [-0.39, 0.29) is 0 Å². The first kappa shape index (κ1) is 8.90. The van der Waals surface area contributed by atoms with Crippen molar-refractivity contribution in [3.05, 3.63) is 27.1 Å². The highest BCUT2D eigenvalue weighted by atomic mass is 79.9. The fourth-order valence-corrected chi connectivity index (χ4v) is 2.22. The number of carbonyl (C=O) groups is 1. The van der Waals surface area contributed by atoms with Gasteiger partial charge in [0.05, 0.1) is 0 Å². The molecule has 0 saturated carbocycles. The van der Waals surface area contributed by atoms with Crippen LogP contribution in [0.2, 0.25) is 0 Å². The van der Waals surface area contributed by atoms with E-state index in [1.807, 2.05) is 0 Å². The fraction of sp³-hybridized carbons (Fsp3) is 0. The van der Waals surface area contributed by atoms with Crippen molar-refractivity contribution < 1.29 is 9.21 Å². The average molecular weight is 305 g/mol. The van der Waals surface area contributed by atoms with Gasteiger partial charge in [-0.15, -0.1) is 0 Å². The summed E-state index contributed by atoms with van der Waals surface area (Å²) in [5, 5.41) is 0.843. The van der Waals surface area contributed by atoms with Gasteiger partial charge in [-0.25, -0.2) is 4.98 Å². The Hall–Kier alpha value is -0.680. The molecule has 0 atom stereocenters. The van der Waals surface area contributed by atoms with Crippen molar-refractivity contribution in [3.63, 3.8) is 0 Å². The number of halogens is 2. The molecule has 0 aliphatic heterocycles. The van der Waals surface area contributed by atoms with Crippen LogP contribution in [-0.2, 0) is 0 Å². The second-order valence-corrected chi connectivity index (χ2v) is 3.98. The van der Waals surface area contributed by atoms with Crippen LogP contribution < -0.4 is 0 Å². The lowest BCUT2D eigenvalue weighted by Crippen LogP contribution is -1.76. The van der Waals surface area contributed by atoms with Gasteiger partial charge in [-0.2, -0.15) is 0 Å². The smallest absolute Gasteiger partial charge is 0.185 e. The van der Waals surface area contributed by atoms with Gasteiger partial charge in [-0.1, -0.05) is 0 Å². The number of hydrogen-bond donors (Lipinski definition) is 0. The molecule has 0 saturated heterocycles. The fourth-order valence-electron chi connectivity index (χ4n) is 1.06. The number of carbonyl (C=O) groups excluding carboxylic acids is 1. The second-order valence-electron chi connectivity index (χ2n) is 2.42. The van der Waals surface area contributed by atoms with Crippen molar-refractivity contribution in [1.29, 1.82) is 0 Å². The zero-order chi connectivity index (χ0) is 9.42. The summed E-state index contributed by atoms with van der Waals surface area (Å²) in [4.78, 5) is 14.5. The Bertz CT molecular complexity index is 478. The third-order valence-electron chi connectivity index (χ3n) is 1.56. The summed E-state index contributed by atoms with van der Waals surface area (Å²) >= 11 is 6.48. The summed E-state index contributed by atoms with van der Waals surface area (Å²) in [6.45, 7) is 0. The number of pyridine rings is 1. The quantitative estimate of drug-likeness (QED) is 0.600. The van der Waals surface area contributed by atoms with Crippen LogP contribution in [0.3, 0.4) is 0 Å². The number of aldehydes is 1. The van der Waals surface area contributed by atoms with Gasteiger partial charge in [-0.05, 0) is 44.0 Å². The first-order valence-electron chi connectivity index (χ1n) is 3.41. The van der Waals surface area contributed by atoms with Crippen LogP contribution in [-0.4, -0.2) is 11.3 Å². The Morgan fingerprint density at radius 2 is 2.15 bits per heavy atom. The Labute approximate surface area is 90.4 Å². The van der Waals surface area contributed by atoms with E-state index in [0.29, 0.717) is 26.8 Å². The van der Waals surface area contributed by atoms with E-state index in [1.54, 1.807) is 12.1 Å². The van der Waals surface area contributed by atoms with Crippen molar-refractivity contribution in [2.24, 2.45) is 0 Å². The minimum Gasteiger partial charge on any atom is -0.450 e. The molecule has 0 aromatic carbocycles. The number of hydrogen-bond acceptors (Lipinski definition) is 3. The van der Waals surface area contributed by atoms with Crippen LogP contribution in [0.4, 0.5) is 0 Å². The highest BCUT2D eigenvalue weighted by molar-refractivity contribution is 9.11. The molecule has 0 N–H and O–H groups in total. The van der Waals surface area contributed by atoms with Crippen molar-refractivity contribution in [2.75, 3.05) is 0 Å². The lowest BCUT2D eigenvalue weighted by molar-refractivity contribution is 0.110. The summed E-state index contributed by atoms with van der Waals surface area (Å²) in [7, 11) is 0. The monoisotopic (exact) mass is 303 g/mol. The predicted octanol–water partition coefficient (Wildman–Crippen LogP) is 3.17. The maximum atomic E-state index is 10.4. The van der Waals surface area contributed by atoms with Crippen molar-refractivity contribution in [3.8, 4) is 0 Å². The second kappa shape index (κ2) is 3.23. The Kier molecular flexibility index (Phi) is 2.21. The van der Waals surface area contributed by atoms with Crippen LogP contribution in [0.1, 0.15) is 10.6 Å². The molecule has 66 valence electrons. The predicted molar refractivity (Wildman–Crippen MR) is 54.8 cm³/mol. The highest BCUT2D eigenvalue weighted by Gasteiger charge is 2.08. The van der Waals surface area contributed by atoms with Gasteiger partial charge >= 0.3 is 0 Å². The van der Waals surface area contributed by atoms with Gasteiger partial charge in [0, 0.05) is 5.39 Å². The molecule has 2 aromatic rings. The molecule has 0 radical (unpaired) electrons. The molecular formula is C8H3Br2NO2. The number of fused-ring (bicyclic) bond motifs is 1. The molecule has 0 aliphatic rings. The maximum Gasteiger partial charge on any atom is 0.185 e. The van der Waals surface area contributed by atoms with Crippen LogP contribution in [0.15, 0.2) is 25.8 Å². The molecule has 2 heterocycles. The average Bonchev–Trinajstić information content (AvgIpc) is 2.47. The Morgan fingerprint density at radius 1 is 1.38 bits per heavy atom. The van der Waals surface area contributed by atoms with Crippen LogP contribution >= 0.6 is 31.9 Å². The van der Waals surface area contributed by atoms with E-state index in [2.05, 4.69) is 36.8 Å². The SMILES string of the molecule is O=Cc1cc2cc(Br)nc(Br)c2o1. The Morgan fingerprint density at radius 3 is 2.85 bits per heavy atom. The Balaban J connectivity index is 2.82. The molecule has 0 amide bonds. The van der Waals surface area contributed by atoms with Crippen LogP contribution in [0.25, 0.3) is 11.0 Å². The number of rotatable bonds is 1. The van der Waals surface area contributed by atoms with E-state index < -0.39 is 0 Å². The summed E-state index contributed by atoms with van der Waals surface area (Å²) in [6, 6.07) is 3.45. The molecule has 13 heavy (non-hydrogen) atoms. The van der Waals surface area contributed by atoms with E-state index in [0.717, 1.165) is 5.39 Å². The van der Waals surface area contributed by atoms with Gasteiger partial charge in [0.15, 0.2) is 22.2 Å². The zero-order valence-electron chi connectivity index (χ0n) is 6.25. The van der Waals surface area contributed by atoms with E-state index >= 15 is 0 Å². The van der Waals surface area contributed by atoms with Crippen LogP contribution in [0.5, 0.6) is 0 Å². The minimum atomic E-state index is 0.301. The van der Waals surface area contributed by atoms with Gasteiger partial charge in [0.1, 0.15) is 4.60 Å². The topological polar surface area (TPSA) is 43.1 Å². The minimum absolute atomic E-state index is 0.301. The molecule has 0 unspecified atom stereocenters. The molecule has 3 nitrogen and oxygen atoms in total. The van der Waals surface area contributed by atoms with Gasteiger partial charge < -0.3 is 4.42 Å². The molecule has 0 fully saturated rings. The maximum absolute atomic E-state index is 10.4. The lowest BCUT2D eigenvalue weighted by Gasteiger charge is -1.92. The third-order valence-corrected chi connectivity index (χ3v) is 2.51. The summed E-state index contributed by atoms with van der Waals surface area (Å²) in [5.74, 6) is 0.301. The molecule has 2 aromatic heterocycles. The van der Waals surface area contributed by atoms with Gasteiger partial charge in [0.2, 0.25) is 0 Å². The zero-order valence-corrected chi connectivity index (χ0v) is 9.42. The molecule has 2 rings (SSSR count). The summed E-state index contributed by atoms with van der Waals surface area (Å²) in [5.41, 5.74) is 0.588. The number of furan rings is 1. The largest absolute Gasteiger partial charge is 0.450 e. The summed E-state index contributed by atoms with van der Waals surface area (Å²) in [6.07, 6.45) is 0.667. The lowest BCUT2D eigenvalue weighted by atomic mass is 10.3. The first-order chi connectivity index (χ1) is 6.20.